The van der Waals surface area contributed by atoms with Gasteiger partial charge in [-0.05, 0) is 56.4 Å². The molecule has 3 aliphatic rings. The largest absolute Gasteiger partial charge is 0.396 e. The van der Waals surface area contributed by atoms with Crippen LogP contribution in [0.1, 0.15) is 42.5 Å². The van der Waals surface area contributed by atoms with Gasteiger partial charge < -0.3 is 15.2 Å². The fourth-order valence-electron chi connectivity index (χ4n) is 5.17. The minimum absolute atomic E-state index is 0.277. The highest BCUT2D eigenvalue weighted by Crippen LogP contribution is 2.40. The van der Waals surface area contributed by atoms with Crippen LogP contribution in [0.2, 0.25) is 0 Å². The number of aromatic nitrogens is 2. The van der Waals surface area contributed by atoms with Gasteiger partial charge in [0.15, 0.2) is 0 Å². The monoisotopic (exact) mass is 402 g/mol. The van der Waals surface area contributed by atoms with E-state index in [9.17, 15) is 5.11 Å². The smallest absolute Gasteiger partial charge is 0.138 e. The van der Waals surface area contributed by atoms with E-state index in [0.29, 0.717) is 18.0 Å². The van der Waals surface area contributed by atoms with Gasteiger partial charge in [-0.15, -0.1) is 11.3 Å². The SMILES string of the molecule is OC[C@@H]1CCc2sc3ncnc(N[C@H]4CC[C@H](N5CCOCC5)CC4)c3c2C1. The predicted molar refractivity (Wildman–Crippen MR) is 112 cm³/mol. The van der Waals surface area contributed by atoms with Crippen molar-refractivity contribution >= 4 is 27.4 Å². The first-order valence-electron chi connectivity index (χ1n) is 10.8. The average molecular weight is 403 g/mol. The first-order chi connectivity index (χ1) is 13.8. The van der Waals surface area contributed by atoms with Crippen LogP contribution < -0.4 is 5.32 Å². The Morgan fingerprint density at radius 3 is 2.75 bits per heavy atom. The molecule has 6 nitrogen and oxygen atoms in total. The van der Waals surface area contributed by atoms with E-state index in [2.05, 4.69) is 20.2 Å². The maximum absolute atomic E-state index is 9.63. The van der Waals surface area contributed by atoms with Gasteiger partial charge in [0.1, 0.15) is 17.0 Å². The van der Waals surface area contributed by atoms with Crippen molar-refractivity contribution < 1.29 is 9.84 Å². The molecule has 2 N–H and O–H groups in total. The van der Waals surface area contributed by atoms with E-state index in [-0.39, 0.29) is 6.61 Å². The maximum atomic E-state index is 9.63. The summed E-state index contributed by atoms with van der Waals surface area (Å²) in [6, 6.07) is 1.20. The fourth-order valence-corrected chi connectivity index (χ4v) is 6.35. The predicted octanol–water partition coefficient (Wildman–Crippen LogP) is 2.84. The lowest BCUT2D eigenvalue weighted by molar-refractivity contribution is 0.00791. The summed E-state index contributed by atoms with van der Waals surface area (Å²) in [6.07, 6.45) is 9.69. The van der Waals surface area contributed by atoms with Crippen molar-refractivity contribution in [3.05, 3.63) is 16.8 Å². The molecule has 1 atom stereocenters. The minimum atomic E-state index is 0.277. The van der Waals surface area contributed by atoms with Crippen molar-refractivity contribution in [3.8, 4) is 0 Å². The van der Waals surface area contributed by atoms with Gasteiger partial charge in [0.2, 0.25) is 0 Å². The minimum Gasteiger partial charge on any atom is -0.396 e. The molecule has 0 spiro atoms. The zero-order chi connectivity index (χ0) is 18.9. The van der Waals surface area contributed by atoms with Crippen LogP contribution in [0, 0.1) is 5.92 Å². The van der Waals surface area contributed by atoms with E-state index in [0.717, 1.165) is 56.2 Å². The molecule has 1 aliphatic heterocycles. The number of morpholine rings is 1. The second-order valence-corrected chi connectivity index (χ2v) is 9.58. The molecule has 152 valence electrons. The number of hydrogen-bond acceptors (Lipinski definition) is 7. The highest BCUT2D eigenvalue weighted by Gasteiger charge is 2.29. The van der Waals surface area contributed by atoms with E-state index in [1.165, 1.54) is 41.5 Å². The summed E-state index contributed by atoms with van der Waals surface area (Å²) in [5, 5.41) is 14.6. The number of fused-ring (bicyclic) bond motifs is 3. The lowest BCUT2D eigenvalue weighted by atomic mass is 9.87. The van der Waals surface area contributed by atoms with Crippen molar-refractivity contribution in [1.29, 1.82) is 0 Å². The number of nitrogens with one attached hydrogen (secondary N) is 1. The summed E-state index contributed by atoms with van der Waals surface area (Å²) < 4.78 is 5.50. The molecular weight excluding hydrogens is 372 g/mol. The molecule has 2 aliphatic carbocycles. The second kappa shape index (κ2) is 8.22. The third-order valence-electron chi connectivity index (χ3n) is 6.80. The van der Waals surface area contributed by atoms with Gasteiger partial charge in [-0.1, -0.05) is 0 Å². The molecule has 0 amide bonds. The Labute approximate surface area is 170 Å². The van der Waals surface area contributed by atoms with Crippen LogP contribution in [0.15, 0.2) is 6.33 Å². The molecule has 0 aromatic carbocycles. The number of aliphatic hydroxyl groups excluding tert-OH is 1. The second-order valence-electron chi connectivity index (χ2n) is 8.50. The Hall–Kier alpha value is -1.28. The van der Waals surface area contributed by atoms with E-state index >= 15 is 0 Å². The standard InChI is InChI=1S/C21H30N4O2S/c26-12-14-1-6-18-17(11-14)19-20(22-13-23-21(19)28-18)24-15-2-4-16(5-3-15)25-7-9-27-10-8-25/h13-16,26H,1-12H2,(H,22,23,24)/t14-,15-,16-/m1/s1. The van der Waals surface area contributed by atoms with Crippen molar-refractivity contribution in [3.63, 3.8) is 0 Å². The van der Waals surface area contributed by atoms with Crippen molar-refractivity contribution in [2.75, 3.05) is 38.2 Å². The molecule has 2 aromatic heterocycles. The Morgan fingerprint density at radius 1 is 1.14 bits per heavy atom. The molecule has 0 unspecified atom stereocenters. The van der Waals surface area contributed by atoms with E-state index < -0.39 is 0 Å². The Kier molecular flexibility index (Phi) is 5.50. The Bertz CT molecular complexity index is 812. The van der Waals surface area contributed by atoms with Crippen LogP contribution in [0.25, 0.3) is 10.2 Å². The average Bonchev–Trinajstić information content (AvgIpc) is 3.13. The number of rotatable bonds is 4. The number of thiophene rings is 1. The molecule has 1 saturated carbocycles. The number of hydrogen-bond donors (Lipinski definition) is 2. The van der Waals surface area contributed by atoms with Crippen molar-refractivity contribution in [2.45, 2.75) is 57.0 Å². The van der Waals surface area contributed by atoms with Crippen molar-refractivity contribution in [2.24, 2.45) is 5.92 Å². The Morgan fingerprint density at radius 2 is 1.96 bits per heavy atom. The van der Waals surface area contributed by atoms with E-state index in [4.69, 9.17) is 4.74 Å². The van der Waals surface area contributed by atoms with Crippen LogP contribution in [0.5, 0.6) is 0 Å². The lowest BCUT2D eigenvalue weighted by Gasteiger charge is -2.39. The van der Waals surface area contributed by atoms with Crippen LogP contribution >= 0.6 is 11.3 Å². The zero-order valence-electron chi connectivity index (χ0n) is 16.4. The number of aryl methyl sites for hydroxylation is 1. The molecule has 2 aromatic rings. The molecule has 7 heteroatoms. The van der Waals surface area contributed by atoms with Gasteiger partial charge in [-0.25, -0.2) is 9.97 Å². The third-order valence-corrected chi connectivity index (χ3v) is 8.00. The van der Waals surface area contributed by atoms with Gasteiger partial charge in [0, 0.05) is 36.7 Å². The first kappa shape index (κ1) is 18.7. The van der Waals surface area contributed by atoms with E-state index in [1.54, 1.807) is 6.33 Å². The molecule has 0 bridgehead atoms. The highest BCUT2D eigenvalue weighted by atomic mass is 32.1. The summed E-state index contributed by atoms with van der Waals surface area (Å²) in [4.78, 5) is 14.3. The van der Waals surface area contributed by atoms with Gasteiger partial charge in [0.25, 0.3) is 0 Å². The summed E-state index contributed by atoms with van der Waals surface area (Å²) in [5.41, 5.74) is 1.38. The molecule has 0 radical (unpaired) electrons. The fraction of sp³-hybridized carbons (Fsp3) is 0.714. The normalized spacial score (nSPS) is 29.0. The van der Waals surface area contributed by atoms with Gasteiger partial charge in [0.05, 0.1) is 18.6 Å². The first-order valence-corrected chi connectivity index (χ1v) is 11.6. The molecule has 3 heterocycles. The Balaban J connectivity index is 1.30. The summed E-state index contributed by atoms with van der Waals surface area (Å²) in [7, 11) is 0. The van der Waals surface area contributed by atoms with Crippen LogP contribution in [0.3, 0.4) is 0 Å². The summed E-state index contributed by atoms with van der Waals surface area (Å²) in [5.74, 6) is 1.39. The molecule has 28 heavy (non-hydrogen) atoms. The molecular formula is C21H30N4O2S. The highest BCUT2D eigenvalue weighted by molar-refractivity contribution is 7.19. The third kappa shape index (κ3) is 3.65. The summed E-state index contributed by atoms with van der Waals surface area (Å²) >= 11 is 1.82. The lowest BCUT2D eigenvalue weighted by Crippen LogP contribution is -2.46. The maximum Gasteiger partial charge on any atom is 0.138 e. The number of aliphatic hydroxyl groups is 1. The van der Waals surface area contributed by atoms with Crippen LogP contribution in [-0.2, 0) is 17.6 Å². The topological polar surface area (TPSA) is 70.5 Å². The van der Waals surface area contributed by atoms with Crippen molar-refractivity contribution in [1.82, 2.24) is 14.9 Å². The quantitative estimate of drug-likeness (QED) is 0.820. The van der Waals surface area contributed by atoms with Gasteiger partial charge in [-0.3, -0.25) is 4.90 Å². The van der Waals surface area contributed by atoms with Crippen LogP contribution in [0.4, 0.5) is 5.82 Å². The summed E-state index contributed by atoms with van der Waals surface area (Å²) in [6.45, 7) is 4.22. The van der Waals surface area contributed by atoms with Gasteiger partial charge >= 0.3 is 0 Å². The van der Waals surface area contributed by atoms with E-state index in [1.807, 2.05) is 11.3 Å². The number of ether oxygens (including phenoxy) is 1. The van der Waals surface area contributed by atoms with Gasteiger partial charge in [-0.2, -0.15) is 0 Å². The number of anilines is 1. The van der Waals surface area contributed by atoms with Crippen LogP contribution in [-0.4, -0.2) is 65.0 Å². The molecule has 1 saturated heterocycles. The molecule has 5 rings (SSSR count). The molecule has 2 fully saturated rings. The zero-order valence-corrected chi connectivity index (χ0v) is 17.2. The number of nitrogens with zero attached hydrogens (tertiary/aromatic N) is 3.